The lowest BCUT2D eigenvalue weighted by atomic mass is 10.0. The minimum Gasteiger partial charge on any atom is -0.444 e. The largest absolute Gasteiger partial charge is 0.444 e. The highest BCUT2D eigenvalue weighted by Gasteiger charge is 2.44. The molecule has 0 N–H and O–H groups in total. The average Bonchev–Trinajstić information content (AvgIpc) is 2.88. The molecule has 0 spiro atoms. The fourth-order valence-corrected chi connectivity index (χ4v) is 4.35. The minimum atomic E-state index is -1.89. The van der Waals surface area contributed by atoms with Crippen LogP contribution in [0.1, 0.15) is 59.6 Å². The predicted molar refractivity (Wildman–Crippen MR) is 109 cm³/mol. The van der Waals surface area contributed by atoms with Gasteiger partial charge in [-0.25, -0.2) is 4.79 Å². The molecule has 1 aromatic carbocycles. The number of carbonyl (C=O) groups excluding carboxylic acids is 1. The normalized spacial score (nSPS) is 21.8. The maximum atomic E-state index is 12.8. The van der Waals surface area contributed by atoms with E-state index in [1.54, 1.807) is 0 Å². The van der Waals surface area contributed by atoms with Gasteiger partial charge in [-0.2, -0.15) is 0 Å². The summed E-state index contributed by atoms with van der Waals surface area (Å²) in [5.74, 6) is 0. The molecule has 26 heavy (non-hydrogen) atoms. The van der Waals surface area contributed by atoms with Crippen LogP contribution in [0.25, 0.3) is 0 Å². The van der Waals surface area contributed by atoms with Gasteiger partial charge >= 0.3 is 6.09 Å². The van der Waals surface area contributed by atoms with Crippen LogP contribution in [0.4, 0.5) is 4.79 Å². The van der Waals surface area contributed by atoms with Crippen molar-refractivity contribution < 1.29 is 14.0 Å². The first-order valence-electron chi connectivity index (χ1n) is 9.52. The number of hydrogen-bond acceptors (Lipinski definition) is 3. The van der Waals surface area contributed by atoms with Gasteiger partial charge < -0.3 is 9.16 Å². The summed E-state index contributed by atoms with van der Waals surface area (Å²) in [4.78, 5) is 14.7. The zero-order valence-electron chi connectivity index (χ0n) is 17.6. The van der Waals surface area contributed by atoms with E-state index in [9.17, 15) is 4.79 Å². The van der Waals surface area contributed by atoms with Crippen molar-refractivity contribution in [2.75, 3.05) is 6.54 Å². The Labute approximate surface area is 160 Å². The molecule has 2 atom stereocenters. The lowest BCUT2D eigenvalue weighted by Crippen LogP contribution is -2.45. The fourth-order valence-electron chi connectivity index (χ4n) is 2.99. The number of benzene rings is 1. The van der Waals surface area contributed by atoms with Crippen LogP contribution in [-0.2, 0) is 9.16 Å². The Morgan fingerprint density at radius 1 is 1.08 bits per heavy atom. The Morgan fingerprint density at radius 2 is 1.65 bits per heavy atom. The van der Waals surface area contributed by atoms with E-state index in [4.69, 9.17) is 9.16 Å². The third kappa shape index (κ3) is 5.10. The van der Waals surface area contributed by atoms with Gasteiger partial charge in [0.05, 0.1) is 12.1 Å². The Balaban J connectivity index is 2.23. The van der Waals surface area contributed by atoms with Crippen molar-refractivity contribution in [1.82, 2.24) is 4.90 Å². The lowest BCUT2D eigenvalue weighted by molar-refractivity contribution is 0.0208. The van der Waals surface area contributed by atoms with E-state index in [-0.39, 0.29) is 23.3 Å². The van der Waals surface area contributed by atoms with E-state index in [1.165, 1.54) is 0 Å². The molecule has 0 saturated carbocycles. The zero-order chi connectivity index (χ0) is 19.8. The number of rotatable bonds is 3. The highest BCUT2D eigenvalue weighted by atomic mass is 28.4. The molecule has 0 bridgehead atoms. The molecule has 5 heteroatoms. The van der Waals surface area contributed by atoms with Gasteiger partial charge in [0.15, 0.2) is 8.32 Å². The maximum Gasteiger partial charge on any atom is 0.410 e. The van der Waals surface area contributed by atoms with Crippen LogP contribution < -0.4 is 0 Å². The van der Waals surface area contributed by atoms with Crippen LogP contribution in [0.15, 0.2) is 30.3 Å². The van der Waals surface area contributed by atoms with Gasteiger partial charge in [-0.1, -0.05) is 51.1 Å². The molecule has 1 aliphatic heterocycles. The summed E-state index contributed by atoms with van der Waals surface area (Å²) in [6.45, 7) is 17.6. The van der Waals surface area contributed by atoms with Crippen molar-refractivity contribution in [2.45, 2.75) is 83.8 Å². The second-order valence-corrected chi connectivity index (χ2v) is 14.6. The minimum absolute atomic E-state index is 0.000758. The average molecular weight is 378 g/mol. The zero-order valence-corrected chi connectivity index (χ0v) is 18.6. The van der Waals surface area contributed by atoms with Gasteiger partial charge in [0, 0.05) is 6.54 Å². The second-order valence-electron chi connectivity index (χ2n) is 9.80. The Bertz CT molecular complexity index is 616. The van der Waals surface area contributed by atoms with Crippen molar-refractivity contribution in [3.05, 3.63) is 35.9 Å². The first-order chi connectivity index (χ1) is 11.8. The smallest absolute Gasteiger partial charge is 0.410 e. The van der Waals surface area contributed by atoms with Gasteiger partial charge in [0.1, 0.15) is 5.60 Å². The summed E-state index contributed by atoms with van der Waals surface area (Å²) in [5.41, 5.74) is 0.635. The highest BCUT2D eigenvalue weighted by Crippen LogP contribution is 2.41. The molecule has 2 unspecified atom stereocenters. The second kappa shape index (κ2) is 7.35. The van der Waals surface area contributed by atoms with E-state index in [2.05, 4.69) is 46.0 Å². The van der Waals surface area contributed by atoms with Crippen molar-refractivity contribution in [3.63, 3.8) is 0 Å². The summed E-state index contributed by atoms with van der Waals surface area (Å²) in [5, 5.41) is 0.147. The molecule has 1 fully saturated rings. The molecule has 1 heterocycles. The lowest BCUT2D eigenvalue weighted by Gasteiger charge is -2.38. The third-order valence-electron chi connectivity index (χ3n) is 5.34. The molecule has 1 amide bonds. The molecule has 2 rings (SSSR count). The number of ether oxygens (including phenoxy) is 1. The molecule has 0 aromatic heterocycles. The number of likely N-dealkylation sites (tertiary alicyclic amines) is 1. The van der Waals surface area contributed by atoms with Gasteiger partial charge in [-0.15, -0.1) is 0 Å². The molecule has 1 aromatic rings. The van der Waals surface area contributed by atoms with E-state index >= 15 is 0 Å². The van der Waals surface area contributed by atoms with Crippen molar-refractivity contribution in [3.8, 4) is 0 Å². The molecular weight excluding hydrogens is 342 g/mol. The molecule has 1 aliphatic rings. The quantitative estimate of drug-likeness (QED) is 0.629. The summed E-state index contributed by atoms with van der Waals surface area (Å²) >= 11 is 0. The van der Waals surface area contributed by atoms with E-state index in [0.29, 0.717) is 6.54 Å². The number of hydrogen-bond donors (Lipinski definition) is 0. The van der Waals surface area contributed by atoms with Crippen molar-refractivity contribution in [2.24, 2.45) is 0 Å². The molecule has 0 aliphatic carbocycles. The summed E-state index contributed by atoms with van der Waals surface area (Å²) in [6.07, 6.45) is 0.608. The van der Waals surface area contributed by atoms with Gasteiger partial charge in [0.25, 0.3) is 0 Å². The predicted octanol–water partition coefficient (Wildman–Crippen LogP) is 5.76. The Kier molecular flexibility index (Phi) is 5.93. The van der Waals surface area contributed by atoms with Crippen LogP contribution >= 0.6 is 0 Å². The van der Waals surface area contributed by atoms with Crippen LogP contribution in [0.5, 0.6) is 0 Å². The van der Waals surface area contributed by atoms with Crippen LogP contribution in [0, 0.1) is 0 Å². The Morgan fingerprint density at radius 3 is 2.15 bits per heavy atom. The number of nitrogens with zero attached hydrogens (tertiary/aromatic N) is 1. The standard InChI is InChI=1S/C21H35NO3Si/c1-20(2,3)24-19(23)22-15-17(25-26(7,8)21(4,5)6)14-18(22)16-12-10-9-11-13-16/h9-13,17-18H,14-15H2,1-8H3. The summed E-state index contributed by atoms with van der Waals surface area (Å²) < 4.78 is 12.3. The number of carbonyl (C=O) groups is 1. The van der Waals surface area contributed by atoms with Crippen LogP contribution in [-0.4, -0.2) is 37.6 Å². The van der Waals surface area contributed by atoms with E-state index in [1.807, 2.05) is 43.9 Å². The molecule has 0 radical (unpaired) electrons. The van der Waals surface area contributed by atoms with Crippen LogP contribution in [0.3, 0.4) is 0 Å². The highest BCUT2D eigenvalue weighted by molar-refractivity contribution is 6.74. The monoisotopic (exact) mass is 377 g/mol. The third-order valence-corrected chi connectivity index (χ3v) is 9.88. The maximum absolute atomic E-state index is 12.8. The fraction of sp³-hybridized carbons (Fsp3) is 0.667. The van der Waals surface area contributed by atoms with Gasteiger partial charge in [-0.3, -0.25) is 4.90 Å². The molecule has 1 saturated heterocycles. The first-order valence-corrected chi connectivity index (χ1v) is 12.4. The van der Waals surface area contributed by atoms with Gasteiger partial charge in [-0.05, 0) is 50.9 Å². The van der Waals surface area contributed by atoms with Crippen LogP contribution in [0.2, 0.25) is 18.1 Å². The first kappa shape index (κ1) is 21.0. The Hall–Kier alpha value is -1.33. The van der Waals surface area contributed by atoms with E-state index < -0.39 is 13.9 Å². The van der Waals surface area contributed by atoms with Gasteiger partial charge in [0.2, 0.25) is 0 Å². The van der Waals surface area contributed by atoms with Crippen molar-refractivity contribution in [1.29, 1.82) is 0 Å². The van der Waals surface area contributed by atoms with Crippen molar-refractivity contribution >= 4 is 14.4 Å². The van der Waals surface area contributed by atoms with E-state index in [0.717, 1.165) is 12.0 Å². The topological polar surface area (TPSA) is 38.8 Å². The number of amides is 1. The molecule has 4 nitrogen and oxygen atoms in total. The molecular formula is C21H35NO3Si. The summed E-state index contributed by atoms with van der Waals surface area (Å²) in [6, 6.07) is 10.2. The SMILES string of the molecule is CC(C)(C)OC(=O)N1CC(O[Si](C)(C)C(C)(C)C)CC1c1ccccc1. The molecule has 146 valence electrons. The summed E-state index contributed by atoms with van der Waals surface area (Å²) in [7, 11) is -1.89.